The van der Waals surface area contributed by atoms with Crippen molar-refractivity contribution in [3.63, 3.8) is 0 Å². The highest BCUT2D eigenvalue weighted by atomic mass is 35.5. The quantitative estimate of drug-likeness (QED) is 0.0543. The van der Waals surface area contributed by atoms with Gasteiger partial charge in [0.15, 0.2) is 27.1 Å². The molecule has 18 nitrogen and oxygen atoms in total. The first-order valence-corrected chi connectivity index (χ1v) is 31.6. The largest absolute Gasteiger partial charge is 0.531 e. The van der Waals surface area contributed by atoms with Gasteiger partial charge in [0.2, 0.25) is 15.9 Å². The Hall–Kier alpha value is -6.77. The summed E-state index contributed by atoms with van der Waals surface area (Å²) >= 11 is 6.84. The average molecular weight is 1310 g/mol. The average Bonchev–Trinajstić information content (AvgIpc) is 1.51. The molecule has 87 heavy (non-hydrogen) atoms. The van der Waals surface area contributed by atoms with E-state index in [-0.39, 0.29) is 48.3 Å². The Morgan fingerprint density at radius 2 is 1.46 bits per heavy atom. The molecule has 0 spiro atoms. The molecule has 0 bridgehead atoms. The van der Waals surface area contributed by atoms with E-state index in [1.54, 1.807) is 41.5 Å². The fraction of sp³-hybridized carbons (Fsp3) is 0.436. The number of sulfonamides is 1. The highest BCUT2D eigenvalue weighted by molar-refractivity contribution is 7.93. The van der Waals surface area contributed by atoms with E-state index in [2.05, 4.69) is 32.3 Å². The summed E-state index contributed by atoms with van der Waals surface area (Å²) in [7, 11) is -12.6. The summed E-state index contributed by atoms with van der Waals surface area (Å²) in [4.78, 5) is 34.6. The lowest BCUT2D eigenvalue weighted by Gasteiger charge is -2.32. The number of para-hydroxylation sites is 2. The number of nitrogens with one attached hydrogen (secondary N) is 1. The molecule has 2 aliphatic rings. The Morgan fingerprint density at radius 1 is 0.862 bits per heavy atom. The summed E-state index contributed by atoms with van der Waals surface area (Å²) in [6, 6.07) is 8.29. The van der Waals surface area contributed by atoms with Crippen molar-refractivity contribution in [2.45, 2.75) is 128 Å². The molecule has 470 valence electrons. The van der Waals surface area contributed by atoms with Crippen LogP contribution in [0.1, 0.15) is 108 Å². The van der Waals surface area contributed by atoms with Crippen molar-refractivity contribution >= 4 is 73.6 Å². The molecule has 2 aliphatic carbocycles. The van der Waals surface area contributed by atoms with Gasteiger partial charge in [-0.05, 0) is 128 Å². The molecule has 0 radical (unpaired) electrons. The third-order valence-corrected chi connectivity index (χ3v) is 18.7. The van der Waals surface area contributed by atoms with Gasteiger partial charge in [0.25, 0.3) is 5.92 Å². The van der Waals surface area contributed by atoms with Gasteiger partial charge in [-0.3, -0.25) is 28.1 Å². The van der Waals surface area contributed by atoms with E-state index in [4.69, 9.17) is 25.2 Å². The number of phosphoric acid groups is 1. The number of benzene rings is 3. The van der Waals surface area contributed by atoms with Gasteiger partial charge >= 0.3 is 26.2 Å². The minimum Gasteiger partial charge on any atom is -0.402 e. The third kappa shape index (κ3) is 14.4. The van der Waals surface area contributed by atoms with E-state index < -0.39 is 173 Å². The standard InChI is InChI=1S/C55H56ClF10N8O10PS2/c1-50(2,3)83-85(77,84-51(4,5)6)82-40-15-13-12-14-39(40)71(9)49(76)74(87(11,80)81)48-43-37(56)19-18-34(45(43)73(70-48)28-53(59,60)61)33-17-16-32(20-21-52(7,8)86(10,78)79)67-44(33)38(24-29-22-30(57)25-31(58)23-29)68-41(75)27-72-47-42(46(69-72)55(64,65)66)35-26-36(35)54(47,62)63/h12-19,22-23,25,35-36,38H,24,26-28H2,1-11H3,(H,68,75)/t35-,36?,38-/m0/s1. The van der Waals surface area contributed by atoms with Crippen LogP contribution < -0.4 is 19.0 Å². The number of alkyl halides is 8. The van der Waals surface area contributed by atoms with E-state index >= 15 is 17.6 Å². The van der Waals surface area contributed by atoms with Crippen LogP contribution in [0.4, 0.5) is 60.2 Å². The molecule has 6 aromatic rings. The van der Waals surface area contributed by atoms with Crippen LogP contribution >= 0.6 is 19.4 Å². The highest BCUT2D eigenvalue weighted by Gasteiger charge is 2.68. The minimum absolute atomic E-state index is 0.0116. The van der Waals surface area contributed by atoms with Gasteiger partial charge in [-0.15, -0.1) is 0 Å². The van der Waals surface area contributed by atoms with Gasteiger partial charge in [0, 0.05) is 42.0 Å². The number of halogens is 11. The number of rotatable bonds is 16. The summed E-state index contributed by atoms with van der Waals surface area (Å²) in [6.07, 6.45) is -10.1. The Morgan fingerprint density at radius 3 is 2.02 bits per heavy atom. The molecule has 1 N–H and O–H groups in total. The van der Waals surface area contributed by atoms with Crippen LogP contribution in [0.25, 0.3) is 22.0 Å². The Balaban J connectivity index is 1.34. The summed E-state index contributed by atoms with van der Waals surface area (Å²) in [5, 5.41) is 8.70. The Kier molecular flexibility index (Phi) is 17.3. The molecule has 1 unspecified atom stereocenters. The fourth-order valence-corrected chi connectivity index (χ4v) is 12.9. The number of amides is 3. The van der Waals surface area contributed by atoms with Crippen molar-refractivity contribution in [3.8, 4) is 28.7 Å². The zero-order valence-electron chi connectivity index (χ0n) is 48.0. The van der Waals surface area contributed by atoms with Crippen LogP contribution in [0.3, 0.4) is 0 Å². The summed E-state index contributed by atoms with van der Waals surface area (Å²) in [5.74, 6) is -6.62. The molecule has 1 fully saturated rings. The van der Waals surface area contributed by atoms with Crippen LogP contribution in [0, 0.1) is 29.4 Å². The number of fused-ring (bicyclic) bond motifs is 4. The maximum Gasteiger partial charge on any atom is 0.531 e. The molecule has 32 heteroatoms. The lowest BCUT2D eigenvalue weighted by Crippen LogP contribution is -2.45. The van der Waals surface area contributed by atoms with E-state index in [0.29, 0.717) is 17.2 Å². The van der Waals surface area contributed by atoms with E-state index in [1.807, 2.05) is 0 Å². The van der Waals surface area contributed by atoms with Gasteiger partial charge in [-0.1, -0.05) is 35.7 Å². The summed E-state index contributed by atoms with van der Waals surface area (Å²) in [5.41, 5.74) is -8.86. The van der Waals surface area contributed by atoms with Crippen molar-refractivity contribution in [1.29, 1.82) is 0 Å². The van der Waals surface area contributed by atoms with Crippen LogP contribution in [-0.2, 0) is 69.9 Å². The summed E-state index contributed by atoms with van der Waals surface area (Å²) < 4.78 is 234. The van der Waals surface area contributed by atoms with Crippen molar-refractivity contribution in [2.75, 3.05) is 28.8 Å². The molecule has 3 aromatic heterocycles. The lowest BCUT2D eigenvalue weighted by molar-refractivity contribution is -0.143. The number of carbonyl (C=O) groups excluding carboxylic acids is 2. The SMILES string of the molecule is CN(C(=O)N(c1nn(CC(F)(F)F)c2c(-c3ccc(C#CC(C)(C)S(C)(=O)=O)nc3[C@H](Cc3cc(F)cc(F)c3)NC(=O)Cn3nc(C(F)(F)F)c4c3C(F)(F)C3C[C@H]43)ccc(Cl)c12)S(C)(=O)=O)c1ccccc1OP(=O)(OC(C)(C)C)OC(C)(C)C. The van der Waals surface area contributed by atoms with Gasteiger partial charge < -0.3 is 9.84 Å². The van der Waals surface area contributed by atoms with Crippen LogP contribution in [0.5, 0.6) is 5.75 Å². The first-order chi connectivity index (χ1) is 39.7. The molecular formula is C55H56ClF10N8O10PS2. The van der Waals surface area contributed by atoms with E-state index in [0.717, 1.165) is 49.7 Å². The van der Waals surface area contributed by atoms with Crippen LogP contribution in [0.2, 0.25) is 5.02 Å². The second-order valence-electron chi connectivity index (χ2n) is 23.3. The second kappa shape index (κ2) is 22.7. The van der Waals surface area contributed by atoms with Crippen LogP contribution in [0.15, 0.2) is 66.7 Å². The Bertz CT molecular complexity index is 4080. The zero-order chi connectivity index (χ0) is 64.9. The smallest absolute Gasteiger partial charge is 0.402 e. The zero-order valence-corrected chi connectivity index (χ0v) is 51.3. The number of sulfone groups is 1. The second-order valence-corrected chi connectivity index (χ2v) is 29.5. The number of nitrogens with zero attached hydrogens (tertiary/aromatic N) is 7. The van der Waals surface area contributed by atoms with E-state index in [1.165, 1.54) is 38.1 Å². The lowest BCUT2D eigenvalue weighted by atomic mass is 9.93. The molecule has 8 rings (SSSR count). The molecule has 3 heterocycles. The van der Waals surface area contributed by atoms with Crippen molar-refractivity contribution in [1.82, 2.24) is 29.9 Å². The molecule has 3 atom stereocenters. The van der Waals surface area contributed by atoms with E-state index in [9.17, 15) is 57.3 Å². The third-order valence-electron chi connectivity index (χ3n) is 13.5. The van der Waals surface area contributed by atoms with Gasteiger partial charge in [-0.25, -0.2) is 40.0 Å². The predicted molar refractivity (Wildman–Crippen MR) is 300 cm³/mol. The molecule has 1 saturated carbocycles. The molecule has 0 saturated heterocycles. The summed E-state index contributed by atoms with van der Waals surface area (Å²) in [6.45, 7) is 8.33. The van der Waals surface area contributed by atoms with Crippen molar-refractivity contribution in [3.05, 3.63) is 117 Å². The van der Waals surface area contributed by atoms with Gasteiger partial charge in [-0.2, -0.15) is 49.6 Å². The monoisotopic (exact) mass is 1310 g/mol. The van der Waals surface area contributed by atoms with Gasteiger partial charge in [0.1, 0.15) is 40.9 Å². The molecule has 0 aliphatic heterocycles. The minimum atomic E-state index is -5.25. The first kappa shape index (κ1) is 66.2. The number of hydrogen-bond donors (Lipinski definition) is 1. The Labute approximate surface area is 498 Å². The molecular weight excluding hydrogens is 1250 g/mol. The first-order valence-electron chi connectivity index (χ1n) is 26.1. The fourth-order valence-electron chi connectivity index (χ4n) is 9.69. The topological polar surface area (TPSA) is 214 Å². The normalized spacial score (nSPS) is 16.6. The number of hydrogen-bond acceptors (Lipinski definition) is 13. The highest BCUT2D eigenvalue weighted by Crippen LogP contribution is 2.68. The number of urea groups is 1. The van der Waals surface area contributed by atoms with Crippen molar-refractivity contribution < 1.29 is 88.5 Å². The number of carbonyl (C=O) groups is 2. The number of anilines is 2. The maximum atomic E-state index is 15.8. The molecule has 3 amide bonds. The van der Waals surface area contributed by atoms with Crippen LogP contribution in [-0.4, -0.2) is 95.0 Å². The predicted octanol–water partition coefficient (Wildman–Crippen LogP) is 12.4. The number of pyridine rings is 1. The number of phosphoric ester groups is 1. The maximum absolute atomic E-state index is 15.8. The number of aromatic nitrogens is 5. The van der Waals surface area contributed by atoms with Gasteiger partial charge in [0.05, 0.1) is 50.8 Å². The van der Waals surface area contributed by atoms with Crippen molar-refractivity contribution in [2.24, 2.45) is 5.92 Å². The molecule has 3 aromatic carbocycles.